The lowest BCUT2D eigenvalue weighted by atomic mass is 9.34. The molecule has 0 radical (unpaired) electrons. The van der Waals surface area contributed by atoms with E-state index in [4.69, 9.17) is 14.6 Å². The average Bonchev–Trinajstić information content (AvgIpc) is 3.57. The van der Waals surface area contributed by atoms with Gasteiger partial charge < -0.3 is 25.2 Å². The van der Waals surface area contributed by atoms with Gasteiger partial charge in [-0.15, -0.1) is 0 Å². The van der Waals surface area contributed by atoms with E-state index in [1.807, 2.05) is 20.0 Å². The first kappa shape index (κ1) is 40.0. The molecule has 4 aliphatic carbocycles. The quantitative estimate of drug-likeness (QED) is 0.264. The van der Waals surface area contributed by atoms with Crippen LogP contribution >= 0.6 is 0 Å². The van der Waals surface area contributed by atoms with Gasteiger partial charge in [-0.2, -0.15) is 5.10 Å². The van der Waals surface area contributed by atoms with Crippen molar-refractivity contribution >= 4 is 17.7 Å². The van der Waals surface area contributed by atoms with E-state index in [-0.39, 0.29) is 64.3 Å². The minimum atomic E-state index is -1.08. The molecule has 2 bridgehead atoms. The summed E-state index contributed by atoms with van der Waals surface area (Å²) in [5.41, 5.74) is -2.57. The molecule has 1 saturated heterocycles. The summed E-state index contributed by atoms with van der Waals surface area (Å²) >= 11 is 0. The Kier molecular flexibility index (Phi) is 9.80. The zero-order chi connectivity index (χ0) is 39.3. The smallest absolute Gasteiger partial charge is 0.308 e. The summed E-state index contributed by atoms with van der Waals surface area (Å²) in [6.45, 7) is 25.2. The van der Waals surface area contributed by atoms with Crippen LogP contribution in [0.15, 0.2) is 18.0 Å². The Hall–Kier alpha value is -2.63. The zero-order valence-electron chi connectivity index (χ0n) is 34.7. The molecule has 3 N–H and O–H groups in total. The highest BCUT2D eigenvalue weighted by molar-refractivity contribution is 6.00. The number of carboxylic acids is 1. The second kappa shape index (κ2) is 13.0. The van der Waals surface area contributed by atoms with Crippen molar-refractivity contribution < 1.29 is 29.0 Å². The Morgan fingerprint density at radius 2 is 1.75 bits per heavy atom. The predicted octanol–water partition coefficient (Wildman–Crippen LogP) is 6.36. The summed E-state index contributed by atoms with van der Waals surface area (Å²) in [6, 6.07) is -0.375. The summed E-state index contributed by atoms with van der Waals surface area (Å²) < 4.78 is 15.6. The number of ketones is 1. The second-order valence-corrected chi connectivity index (χ2v) is 20.2. The lowest BCUT2D eigenvalue weighted by Gasteiger charge is -2.70. The Labute approximate surface area is 317 Å². The molecular weight excluding hydrogens is 670 g/mol. The fraction of sp³-hybridized carbons (Fsp3) is 0.833. The lowest BCUT2D eigenvalue weighted by molar-refractivity contribution is -0.252. The van der Waals surface area contributed by atoms with Gasteiger partial charge in [0.1, 0.15) is 6.33 Å². The van der Waals surface area contributed by atoms with Crippen molar-refractivity contribution in [2.24, 2.45) is 62.1 Å². The van der Waals surface area contributed by atoms with Gasteiger partial charge in [-0.05, 0) is 92.1 Å². The van der Waals surface area contributed by atoms with Crippen molar-refractivity contribution in [3.63, 3.8) is 0 Å². The number of amides is 1. The first-order valence-electron chi connectivity index (χ1n) is 20.0. The fourth-order valence-electron chi connectivity index (χ4n) is 12.6. The molecular formula is C42H67N5O6. The maximum Gasteiger partial charge on any atom is 0.308 e. The van der Waals surface area contributed by atoms with Gasteiger partial charge >= 0.3 is 5.97 Å². The lowest BCUT2D eigenvalue weighted by Crippen LogP contribution is -2.70. The van der Waals surface area contributed by atoms with Crippen LogP contribution in [-0.2, 0) is 19.1 Å². The molecule has 2 heterocycles. The Morgan fingerprint density at radius 3 is 2.34 bits per heavy atom. The van der Waals surface area contributed by atoms with Crippen molar-refractivity contribution in [1.29, 1.82) is 0 Å². The Bertz CT molecular complexity index is 1670. The molecule has 12 atom stereocenters. The standard InChI is InChI=1S/C42H67N5O6/c1-24(2)25(3)37(7)16-17-39(9)26-14-15-29-38(8)20-52-22-42(29,27(26)18-30(48)41(39,11)31(37)35(50)51)19-28(47-33(34(49)43-12)45-23-46-47)32(38)53-21-40(10,44-13)36(4,5)6/h18,23-26,28-29,31-32,44H,14-17,19-22H2,1-13H3,(H,43,49)(H,50,51)/t25-,26+,28-,29+,31-,32+,37-,38+,39-,40+,41+,42?/m1/s1. The van der Waals surface area contributed by atoms with E-state index >= 15 is 4.79 Å². The molecule has 11 nitrogen and oxygen atoms in total. The van der Waals surface area contributed by atoms with Gasteiger partial charge in [-0.3, -0.25) is 14.4 Å². The molecule has 1 aromatic heterocycles. The number of likely N-dealkylation sites (N-methyl/N-ethyl adjacent to an activating group) is 1. The molecule has 53 heavy (non-hydrogen) atoms. The molecule has 296 valence electrons. The van der Waals surface area contributed by atoms with Crippen LogP contribution in [0.3, 0.4) is 0 Å². The number of nitrogens with zero attached hydrogens (tertiary/aromatic N) is 3. The summed E-state index contributed by atoms with van der Waals surface area (Å²) in [4.78, 5) is 46.3. The first-order valence-corrected chi connectivity index (χ1v) is 20.0. The van der Waals surface area contributed by atoms with Crippen LogP contribution in [0, 0.1) is 62.1 Å². The third-order valence-electron chi connectivity index (χ3n) is 17.0. The van der Waals surface area contributed by atoms with Crippen LogP contribution in [0.25, 0.3) is 0 Å². The van der Waals surface area contributed by atoms with Gasteiger partial charge in [0.05, 0.1) is 37.9 Å². The largest absolute Gasteiger partial charge is 0.481 e. The van der Waals surface area contributed by atoms with Crippen molar-refractivity contribution in [3.05, 3.63) is 23.8 Å². The predicted molar refractivity (Wildman–Crippen MR) is 203 cm³/mol. The molecule has 4 fully saturated rings. The van der Waals surface area contributed by atoms with Crippen LogP contribution in [0.2, 0.25) is 0 Å². The number of aliphatic carboxylic acids is 1. The van der Waals surface area contributed by atoms with Crippen molar-refractivity contribution in [2.45, 2.75) is 126 Å². The maximum absolute atomic E-state index is 15.1. The van der Waals surface area contributed by atoms with E-state index in [1.165, 1.54) is 6.33 Å². The van der Waals surface area contributed by atoms with Crippen molar-refractivity contribution in [2.75, 3.05) is 33.9 Å². The van der Waals surface area contributed by atoms with Crippen LogP contribution < -0.4 is 10.6 Å². The highest BCUT2D eigenvalue weighted by Crippen LogP contribution is 2.75. The number of allylic oxidation sites excluding steroid dienone is 1. The van der Waals surface area contributed by atoms with Crippen LogP contribution in [0.5, 0.6) is 0 Å². The number of nitrogens with one attached hydrogen (secondary N) is 2. The highest BCUT2D eigenvalue weighted by atomic mass is 16.5. The maximum atomic E-state index is 15.1. The van der Waals surface area contributed by atoms with Gasteiger partial charge in [0.2, 0.25) is 5.82 Å². The number of aromatic nitrogens is 3. The van der Waals surface area contributed by atoms with Crippen molar-refractivity contribution in [1.82, 2.24) is 25.4 Å². The van der Waals surface area contributed by atoms with Gasteiger partial charge in [-0.25, -0.2) is 9.67 Å². The first-order chi connectivity index (χ1) is 24.5. The molecule has 0 aromatic carbocycles. The van der Waals surface area contributed by atoms with E-state index in [0.29, 0.717) is 26.2 Å². The molecule has 1 aromatic rings. The number of rotatable bonds is 9. The highest BCUT2D eigenvalue weighted by Gasteiger charge is 2.74. The van der Waals surface area contributed by atoms with Crippen LogP contribution in [0.1, 0.15) is 125 Å². The van der Waals surface area contributed by atoms with E-state index < -0.39 is 39.0 Å². The Morgan fingerprint density at radius 1 is 1.08 bits per heavy atom. The molecule has 5 aliphatic rings. The van der Waals surface area contributed by atoms with Crippen LogP contribution in [0.4, 0.5) is 0 Å². The van der Waals surface area contributed by atoms with E-state index in [1.54, 1.807) is 11.7 Å². The summed E-state index contributed by atoms with van der Waals surface area (Å²) in [6.07, 6.45) is 6.82. The Balaban J connectivity index is 1.51. The zero-order valence-corrected chi connectivity index (χ0v) is 34.7. The van der Waals surface area contributed by atoms with E-state index in [9.17, 15) is 14.7 Å². The molecule has 1 amide bonds. The molecule has 11 heteroatoms. The molecule has 6 rings (SSSR count). The summed E-state index contributed by atoms with van der Waals surface area (Å²) in [5, 5.41) is 22.1. The normalized spacial score (nSPS) is 41.4. The number of carbonyl (C=O) groups is 3. The van der Waals surface area contributed by atoms with Gasteiger partial charge in [0, 0.05) is 28.8 Å². The van der Waals surface area contributed by atoms with Gasteiger partial charge in [-0.1, -0.05) is 74.8 Å². The third kappa shape index (κ3) is 5.39. The van der Waals surface area contributed by atoms with Crippen molar-refractivity contribution in [3.8, 4) is 0 Å². The molecule has 1 aliphatic heterocycles. The number of carboxylic acid groups (broad SMARTS) is 1. The minimum absolute atomic E-state index is 0.00825. The molecule has 0 spiro atoms. The van der Waals surface area contributed by atoms with Gasteiger partial charge in [0.25, 0.3) is 5.91 Å². The number of fused-ring (bicyclic) bond motifs is 3. The van der Waals surface area contributed by atoms with Crippen LogP contribution in [-0.4, -0.2) is 83.1 Å². The topological polar surface area (TPSA) is 145 Å². The average molecular weight is 738 g/mol. The summed E-state index contributed by atoms with van der Waals surface area (Å²) in [5.74, 6) is -1.28. The SMILES string of the molecule is CNC(=O)c1ncnn1[C@@H]1CC23COC[C@@](C)([C@@H]2CC[C@H]2C3=CC(=O)[C@@]3(C)[C@H](C(=O)O)[C@@](C)([C@H](C)C(C)C)CC[C@]23C)[C@H]1OC[C@](C)(NC)C(C)(C)C. The number of hydrogen-bond acceptors (Lipinski definition) is 8. The minimum Gasteiger partial charge on any atom is -0.481 e. The third-order valence-corrected chi connectivity index (χ3v) is 17.0. The fourth-order valence-corrected chi connectivity index (χ4v) is 12.6. The number of hydrogen-bond donors (Lipinski definition) is 3. The summed E-state index contributed by atoms with van der Waals surface area (Å²) in [7, 11) is 3.57. The number of ether oxygens (including phenoxy) is 2. The number of carbonyl (C=O) groups excluding carboxylic acids is 2. The second-order valence-electron chi connectivity index (χ2n) is 20.2. The molecule has 3 saturated carbocycles. The molecule has 1 unspecified atom stereocenters. The van der Waals surface area contributed by atoms with Gasteiger partial charge in [0.15, 0.2) is 5.78 Å². The monoisotopic (exact) mass is 738 g/mol. The van der Waals surface area contributed by atoms with E-state index in [2.05, 4.69) is 84.9 Å². The van der Waals surface area contributed by atoms with E-state index in [0.717, 1.165) is 31.3 Å².